The Morgan fingerprint density at radius 1 is 0.248 bits per heavy atom. The summed E-state index contributed by atoms with van der Waals surface area (Å²) in [6.07, 6.45) is 17.8. The molecule has 0 bridgehead atoms. The smallest absolute Gasteiger partial charge is 1.00 e. The molecule has 2 aliphatic carbocycles. The fourth-order valence-electron chi connectivity index (χ4n) is 15.4. The predicted molar refractivity (Wildman–Crippen MR) is 445 cm³/mol. The zero-order valence-corrected chi connectivity index (χ0v) is 66.4. The van der Waals surface area contributed by atoms with Gasteiger partial charge in [-0.05, 0) is 180 Å². The second-order valence-corrected chi connectivity index (χ2v) is 32.2. The summed E-state index contributed by atoms with van der Waals surface area (Å²) in [5.41, 5.74) is 30.6. The summed E-state index contributed by atoms with van der Waals surface area (Å²) in [6, 6.07) is 103. The van der Waals surface area contributed by atoms with Gasteiger partial charge in [0.2, 0.25) is 0 Å². The van der Waals surface area contributed by atoms with Gasteiger partial charge in [0, 0.05) is 0 Å². The fraction of sp³-hybridized carbons (Fsp3) is 0.157. The zero-order chi connectivity index (χ0) is 70.7. The molecule has 3 heteroatoms. The Kier molecular flexibility index (Phi) is 21.7. The summed E-state index contributed by atoms with van der Waals surface area (Å²) in [7, 11) is 0. The molecule has 16 rings (SSSR count). The van der Waals surface area contributed by atoms with Crippen molar-refractivity contribution in [3.05, 3.63) is 371 Å². The monoisotopic (exact) mass is 1470 g/mol. The van der Waals surface area contributed by atoms with Gasteiger partial charge in [-0.25, -0.2) is 0 Å². The second kappa shape index (κ2) is 30.4. The van der Waals surface area contributed by atoms with E-state index in [-0.39, 0.29) is 72.7 Å². The standard InChI is InChI=1S/2C51H45.2ClH.Zr/c2*1-50(2,3)48-32-44-41(30-46(48)36-18-11-8-12-19-36)29-42-31-47(49(33-45(42)44)51(4,5)6)38-25-23-37(24-26-38)43-22-14-21-40(43)28-34-15-13-20-39(27-34)35-16-9-7-10-17-35;;;/h2*7-33H,1-6H3;2*1H;/q2*-1;;;+4/p-2. The maximum atomic E-state index is 2.48. The minimum absolute atomic E-state index is 0. The average Bonchev–Trinajstić information content (AvgIpc) is 1.63. The third kappa shape index (κ3) is 15.7. The predicted octanol–water partition coefficient (Wildman–Crippen LogP) is 22.7. The Bertz CT molecular complexity index is 5340. The SMILES string of the molecule is CC(C)(C)c1cc2c(cc1-c1ccccc1)[cH-]c1cc(-c3ccc(C4=CC=CC4=Cc4cccc(-c5ccccc5)c4)cc3)c(C(C)(C)C)cc12.CC(C)(C)c1cc2c(cc1-c1ccccc1)[cH-]c1cc(-c3ccc(C4=CC=CC4=Cc4cccc(-c5ccccc5)c4)cc3)c(C(C)(C)C)cc12.[Cl-].[Cl-].[Zr+4]. The van der Waals surface area contributed by atoms with Crippen molar-refractivity contribution in [1.29, 1.82) is 0 Å². The van der Waals surface area contributed by atoms with Crippen molar-refractivity contribution in [1.82, 2.24) is 0 Å². The van der Waals surface area contributed by atoms with Crippen molar-refractivity contribution in [3.8, 4) is 66.8 Å². The zero-order valence-electron chi connectivity index (χ0n) is 62.4. The van der Waals surface area contributed by atoms with E-state index in [1.54, 1.807) is 0 Å². The summed E-state index contributed by atoms with van der Waals surface area (Å²) >= 11 is 0. The first-order chi connectivity index (χ1) is 49.1. The van der Waals surface area contributed by atoms with Gasteiger partial charge in [0.15, 0.2) is 0 Å². The number of rotatable bonds is 10. The Morgan fingerprint density at radius 3 is 0.771 bits per heavy atom. The van der Waals surface area contributed by atoms with Crippen LogP contribution >= 0.6 is 0 Å². The molecular formula is C102H90Cl2Zr. The van der Waals surface area contributed by atoms with Gasteiger partial charge in [-0.1, -0.05) is 350 Å². The van der Waals surface area contributed by atoms with Crippen LogP contribution in [0.4, 0.5) is 0 Å². The van der Waals surface area contributed by atoms with Crippen molar-refractivity contribution < 1.29 is 51.0 Å². The number of fused-ring (bicyclic) bond motifs is 6. The van der Waals surface area contributed by atoms with E-state index in [1.165, 1.54) is 177 Å². The third-order valence-corrected chi connectivity index (χ3v) is 20.7. The molecule has 0 N–H and O–H groups in total. The maximum absolute atomic E-state index is 2.48. The van der Waals surface area contributed by atoms with Gasteiger partial charge in [-0.3, -0.25) is 0 Å². The van der Waals surface area contributed by atoms with E-state index in [0.29, 0.717) is 0 Å². The largest absolute Gasteiger partial charge is 4.00 e. The van der Waals surface area contributed by atoms with Gasteiger partial charge in [-0.15, -0.1) is 79.5 Å². The molecule has 14 aromatic carbocycles. The molecule has 0 spiro atoms. The van der Waals surface area contributed by atoms with Crippen LogP contribution in [0.5, 0.6) is 0 Å². The molecule has 0 atom stereocenters. The van der Waals surface area contributed by atoms with Crippen LogP contribution in [0.25, 0.3) is 133 Å². The van der Waals surface area contributed by atoms with Crippen molar-refractivity contribution in [2.45, 2.75) is 105 Å². The van der Waals surface area contributed by atoms with Crippen LogP contribution in [0.3, 0.4) is 0 Å². The van der Waals surface area contributed by atoms with E-state index in [1.807, 2.05) is 0 Å². The van der Waals surface area contributed by atoms with Crippen molar-refractivity contribution >= 4 is 66.4 Å². The normalized spacial score (nSPS) is 13.8. The van der Waals surface area contributed by atoms with E-state index in [2.05, 4.69) is 411 Å². The van der Waals surface area contributed by atoms with Crippen molar-refractivity contribution in [3.63, 3.8) is 0 Å². The molecule has 0 saturated heterocycles. The molecule has 2 aliphatic rings. The first-order valence-electron chi connectivity index (χ1n) is 36.3. The Morgan fingerprint density at radius 2 is 0.495 bits per heavy atom. The summed E-state index contributed by atoms with van der Waals surface area (Å²) < 4.78 is 0. The molecular weight excluding hydrogens is 1390 g/mol. The molecule has 0 aliphatic heterocycles. The number of halogens is 2. The molecule has 516 valence electrons. The molecule has 0 fully saturated rings. The number of allylic oxidation sites excluding steroid dienone is 10. The molecule has 14 aromatic rings. The fourth-order valence-corrected chi connectivity index (χ4v) is 15.4. The topological polar surface area (TPSA) is 0 Å². The molecule has 0 amide bonds. The van der Waals surface area contributed by atoms with Gasteiger partial charge in [-0.2, -0.15) is 0 Å². The molecule has 0 unspecified atom stereocenters. The Hall–Kier alpha value is -9.72. The van der Waals surface area contributed by atoms with E-state index >= 15 is 0 Å². The number of hydrogen-bond acceptors (Lipinski definition) is 0. The number of benzene rings is 12. The van der Waals surface area contributed by atoms with E-state index in [0.717, 1.165) is 0 Å². The molecule has 0 radical (unpaired) electrons. The summed E-state index contributed by atoms with van der Waals surface area (Å²) in [5.74, 6) is 0. The molecule has 0 nitrogen and oxygen atoms in total. The maximum Gasteiger partial charge on any atom is 4.00 e. The summed E-state index contributed by atoms with van der Waals surface area (Å²) in [4.78, 5) is 0. The van der Waals surface area contributed by atoms with Gasteiger partial charge in [0.1, 0.15) is 0 Å². The van der Waals surface area contributed by atoms with Crippen LogP contribution in [0.2, 0.25) is 0 Å². The van der Waals surface area contributed by atoms with Gasteiger partial charge in [0.05, 0.1) is 0 Å². The van der Waals surface area contributed by atoms with Crippen molar-refractivity contribution in [2.24, 2.45) is 0 Å². The van der Waals surface area contributed by atoms with E-state index in [9.17, 15) is 0 Å². The summed E-state index contributed by atoms with van der Waals surface area (Å²) in [6.45, 7) is 28.0. The Balaban J connectivity index is 0.000000192. The van der Waals surface area contributed by atoms with Gasteiger partial charge >= 0.3 is 26.2 Å². The first-order valence-corrected chi connectivity index (χ1v) is 36.3. The van der Waals surface area contributed by atoms with Crippen LogP contribution in [0.15, 0.2) is 327 Å². The van der Waals surface area contributed by atoms with Crippen LogP contribution in [-0.4, -0.2) is 0 Å². The van der Waals surface area contributed by atoms with E-state index < -0.39 is 0 Å². The van der Waals surface area contributed by atoms with Crippen LogP contribution in [0.1, 0.15) is 128 Å². The van der Waals surface area contributed by atoms with Gasteiger partial charge in [0.25, 0.3) is 0 Å². The van der Waals surface area contributed by atoms with Gasteiger partial charge < -0.3 is 24.8 Å². The average molecular weight is 1480 g/mol. The van der Waals surface area contributed by atoms with Crippen LogP contribution in [-0.2, 0) is 47.9 Å². The quantitative estimate of drug-likeness (QED) is 0.120. The molecule has 0 saturated carbocycles. The summed E-state index contributed by atoms with van der Waals surface area (Å²) in [5, 5.41) is 10.6. The Labute approximate surface area is 654 Å². The molecule has 105 heavy (non-hydrogen) atoms. The minimum atomic E-state index is -0.0231. The third-order valence-electron chi connectivity index (χ3n) is 20.7. The van der Waals surface area contributed by atoms with Crippen LogP contribution < -0.4 is 24.8 Å². The van der Waals surface area contributed by atoms with Crippen LogP contribution in [0, 0.1) is 0 Å². The number of hydrogen-bond donors (Lipinski definition) is 0. The molecule has 0 heterocycles. The van der Waals surface area contributed by atoms with Crippen molar-refractivity contribution in [2.75, 3.05) is 0 Å². The minimum Gasteiger partial charge on any atom is -1.00 e. The first kappa shape index (κ1) is 75.0. The van der Waals surface area contributed by atoms with E-state index in [4.69, 9.17) is 0 Å². The molecule has 0 aromatic heterocycles. The second-order valence-electron chi connectivity index (χ2n) is 32.2.